The number of esters is 1. The molecule has 7 heteroatoms. The van der Waals surface area contributed by atoms with Crippen LogP contribution in [0.1, 0.15) is 10.4 Å². The van der Waals surface area contributed by atoms with Crippen LogP contribution in [-0.4, -0.2) is 13.1 Å². The summed E-state index contributed by atoms with van der Waals surface area (Å²) in [7, 11) is 1.50. The molecule has 0 atom stereocenters. The van der Waals surface area contributed by atoms with Gasteiger partial charge in [-0.2, -0.15) is 0 Å². The Bertz CT molecular complexity index is 1290. The SMILES string of the molecule is COc1ccccc1Oc1coc2cc(OC(=O)c3cccc(F)c3)ccc2c1=O. The number of ether oxygens (including phenoxy) is 3. The highest BCUT2D eigenvalue weighted by Gasteiger charge is 2.14. The molecule has 0 saturated carbocycles. The van der Waals surface area contributed by atoms with E-state index in [1.807, 2.05) is 0 Å². The van der Waals surface area contributed by atoms with Gasteiger partial charge in [-0.05, 0) is 42.5 Å². The zero-order valence-corrected chi connectivity index (χ0v) is 15.8. The highest BCUT2D eigenvalue weighted by Crippen LogP contribution is 2.30. The van der Waals surface area contributed by atoms with Gasteiger partial charge in [0.05, 0.1) is 18.1 Å². The molecule has 0 radical (unpaired) electrons. The average Bonchev–Trinajstić information content (AvgIpc) is 2.76. The van der Waals surface area contributed by atoms with Gasteiger partial charge in [0.15, 0.2) is 11.5 Å². The molecule has 3 aromatic carbocycles. The Morgan fingerprint density at radius 3 is 2.50 bits per heavy atom. The van der Waals surface area contributed by atoms with Gasteiger partial charge in [0.2, 0.25) is 11.2 Å². The topological polar surface area (TPSA) is 75.0 Å². The summed E-state index contributed by atoms with van der Waals surface area (Å²) in [6.07, 6.45) is 1.18. The molecule has 0 bridgehead atoms. The van der Waals surface area contributed by atoms with Crippen molar-refractivity contribution in [3.8, 4) is 23.0 Å². The second-order valence-corrected chi connectivity index (χ2v) is 6.24. The average molecular weight is 406 g/mol. The van der Waals surface area contributed by atoms with Gasteiger partial charge in [0.25, 0.3) is 0 Å². The third-order valence-corrected chi connectivity index (χ3v) is 4.27. The molecule has 4 aromatic rings. The maximum Gasteiger partial charge on any atom is 0.343 e. The summed E-state index contributed by atoms with van der Waals surface area (Å²) in [6, 6.07) is 16.4. The van der Waals surface area contributed by atoms with Gasteiger partial charge >= 0.3 is 5.97 Å². The van der Waals surface area contributed by atoms with E-state index in [1.165, 1.54) is 49.8 Å². The summed E-state index contributed by atoms with van der Waals surface area (Å²) in [6.45, 7) is 0. The lowest BCUT2D eigenvalue weighted by Gasteiger charge is -2.10. The standard InChI is InChI=1S/C23H15FO6/c1-27-18-7-2-3-8-19(18)30-21-13-28-20-12-16(9-10-17(20)22(21)25)29-23(26)14-5-4-6-15(24)11-14/h2-13H,1H3. The van der Waals surface area contributed by atoms with E-state index >= 15 is 0 Å². The smallest absolute Gasteiger partial charge is 0.343 e. The Balaban J connectivity index is 1.61. The highest BCUT2D eigenvalue weighted by molar-refractivity contribution is 5.91. The van der Waals surface area contributed by atoms with E-state index in [0.717, 1.165) is 6.07 Å². The van der Waals surface area contributed by atoms with Crippen LogP contribution in [0.3, 0.4) is 0 Å². The van der Waals surface area contributed by atoms with Crippen molar-refractivity contribution in [3.05, 3.63) is 94.6 Å². The lowest BCUT2D eigenvalue weighted by Crippen LogP contribution is -2.09. The number of halogens is 1. The van der Waals surface area contributed by atoms with Gasteiger partial charge in [0.1, 0.15) is 23.4 Å². The second kappa shape index (κ2) is 8.08. The predicted octanol–water partition coefficient (Wildman–Crippen LogP) is 4.95. The lowest BCUT2D eigenvalue weighted by atomic mass is 10.2. The molecule has 6 nitrogen and oxygen atoms in total. The Labute approximate surface area is 170 Å². The van der Waals surface area contributed by atoms with E-state index in [0.29, 0.717) is 11.5 Å². The summed E-state index contributed by atoms with van der Waals surface area (Å²) in [4.78, 5) is 24.9. The second-order valence-electron chi connectivity index (χ2n) is 6.24. The Hall–Kier alpha value is -4.13. The Morgan fingerprint density at radius 2 is 1.73 bits per heavy atom. The first-order valence-corrected chi connectivity index (χ1v) is 8.89. The van der Waals surface area contributed by atoms with Crippen LogP contribution in [0.2, 0.25) is 0 Å². The van der Waals surface area contributed by atoms with Gasteiger partial charge in [-0.3, -0.25) is 4.79 Å². The van der Waals surface area contributed by atoms with Gasteiger partial charge in [-0.1, -0.05) is 18.2 Å². The van der Waals surface area contributed by atoms with Gasteiger partial charge in [-0.25, -0.2) is 9.18 Å². The molecule has 0 aliphatic carbocycles. The molecule has 0 amide bonds. The van der Waals surface area contributed by atoms with E-state index < -0.39 is 17.2 Å². The van der Waals surface area contributed by atoms with Gasteiger partial charge in [0, 0.05) is 6.07 Å². The number of carbonyl (C=O) groups is 1. The maximum absolute atomic E-state index is 13.3. The molecule has 0 spiro atoms. The molecule has 1 aromatic heterocycles. The van der Waals surface area contributed by atoms with Crippen LogP contribution in [0.15, 0.2) is 82.2 Å². The molecule has 150 valence electrons. The molecular formula is C23H15FO6. The number of rotatable bonds is 5. The summed E-state index contributed by atoms with van der Waals surface area (Å²) < 4.78 is 34.9. The van der Waals surface area contributed by atoms with E-state index in [2.05, 4.69) is 0 Å². The van der Waals surface area contributed by atoms with Gasteiger partial charge in [-0.15, -0.1) is 0 Å². The van der Waals surface area contributed by atoms with Crippen molar-refractivity contribution in [1.29, 1.82) is 0 Å². The van der Waals surface area contributed by atoms with E-state index in [4.69, 9.17) is 18.6 Å². The number of para-hydroxylation sites is 2. The van der Waals surface area contributed by atoms with Gasteiger partial charge < -0.3 is 18.6 Å². The van der Waals surface area contributed by atoms with Crippen molar-refractivity contribution < 1.29 is 27.8 Å². The third kappa shape index (κ3) is 3.86. The fourth-order valence-corrected chi connectivity index (χ4v) is 2.83. The molecule has 0 fully saturated rings. The fourth-order valence-electron chi connectivity index (χ4n) is 2.83. The highest BCUT2D eigenvalue weighted by atomic mass is 19.1. The van der Waals surface area contributed by atoms with Crippen molar-refractivity contribution in [3.63, 3.8) is 0 Å². The van der Waals surface area contributed by atoms with Crippen molar-refractivity contribution in [2.75, 3.05) is 7.11 Å². The Morgan fingerprint density at radius 1 is 0.933 bits per heavy atom. The molecule has 30 heavy (non-hydrogen) atoms. The van der Waals surface area contributed by atoms with Crippen LogP contribution in [0.4, 0.5) is 4.39 Å². The monoisotopic (exact) mass is 406 g/mol. The van der Waals surface area contributed by atoms with Crippen LogP contribution in [0.5, 0.6) is 23.0 Å². The molecule has 0 saturated heterocycles. The number of benzene rings is 3. The summed E-state index contributed by atoms with van der Waals surface area (Å²) in [5, 5.41) is 0.243. The quantitative estimate of drug-likeness (QED) is 0.345. The van der Waals surface area contributed by atoms with Crippen LogP contribution < -0.4 is 19.6 Å². The number of carbonyl (C=O) groups excluding carboxylic acids is 1. The predicted molar refractivity (Wildman–Crippen MR) is 107 cm³/mol. The molecule has 4 rings (SSSR count). The van der Waals surface area contributed by atoms with Crippen LogP contribution in [-0.2, 0) is 0 Å². The lowest BCUT2D eigenvalue weighted by molar-refractivity contribution is 0.0734. The minimum absolute atomic E-state index is 0.0171. The normalized spacial score (nSPS) is 10.6. The van der Waals surface area contributed by atoms with Crippen LogP contribution in [0.25, 0.3) is 11.0 Å². The van der Waals surface area contributed by atoms with E-state index in [1.54, 1.807) is 24.3 Å². The molecular weight excluding hydrogens is 391 g/mol. The molecule has 1 heterocycles. The summed E-state index contributed by atoms with van der Waals surface area (Å²) in [5.74, 6) is -0.303. The summed E-state index contributed by atoms with van der Waals surface area (Å²) in [5.41, 5.74) is -0.126. The molecule has 0 unspecified atom stereocenters. The number of hydrogen-bond acceptors (Lipinski definition) is 6. The first kappa shape index (κ1) is 19.2. The van der Waals surface area contributed by atoms with E-state index in [-0.39, 0.29) is 28.0 Å². The van der Waals surface area contributed by atoms with Crippen molar-refractivity contribution in [2.24, 2.45) is 0 Å². The molecule has 0 aliphatic heterocycles. The fraction of sp³-hybridized carbons (Fsp3) is 0.0435. The zero-order chi connectivity index (χ0) is 21.1. The minimum atomic E-state index is -0.729. The maximum atomic E-state index is 13.3. The van der Waals surface area contributed by atoms with Crippen LogP contribution >= 0.6 is 0 Å². The number of hydrogen-bond donors (Lipinski definition) is 0. The van der Waals surface area contributed by atoms with Crippen molar-refractivity contribution >= 4 is 16.9 Å². The van der Waals surface area contributed by atoms with E-state index in [9.17, 15) is 14.0 Å². The first-order valence-electron chi connectivity index (χ1n) is 8.89. The minimum Gasteiger partial charge on any atom is -0.493 e. The first-order chi connectivity index (χ1) is 14.5. The number of fused-ring (bicyclic) bond motifs is 1. The Kier molecular flexibility index (Phi) is 5.17. The summed E-state index contributed by atoms with van der Waals surface area (Å²) >= 11 is 0. The molecule has 0 aliphatic rings. The zero-order valence-electron chi connectivity index (χ0n) is 15.8. The number of methoxy groups -OCH3 is 1. The van der Waals surface area contributed by atoms with Crippen LogP contribution in [0, 0.1) is 5.82 Å². The van der Waals surface area contributed by atoms with Crippen molar-refractivity contribution in [2.45, 2.75) is 0 Å². The largest absolute Gasteiger partial charge is 0.493 e. The molecule has 0 N–H and O–H groups in total. The van der Waals surface area contributed by atoms with Crippen molar-refractivity contribution in [1.82, 2.24) is 0 Å². The third-order valence-electron chi connectivity index (χ3n) is 4.27.